The van der Waals surface area contributed by atoms with E-state index in [4.69, 9.17) is 4.74 Å². The van der Waals surface area contributed by atoms with E-state index in [9.17, 15) is 9.18 Å². The molecule has 0 heterocycles. The van der Waals surface area contributed by atoms with Gasteiger partial charge in [0.2, 0.25) is 0 Å². The van der Waals surface area contributed by atoms with Crippen LogP contribution < -0.4 is 0 Å². The molecule has 0 unspecified atom stereocenters. The van der Waals surface area contributed by atoms with Crippen molar-refractivity contribution in [1.82, 2.24) is 0 Å². The molecule has 3 heteroatoms. The van der Waals surface area contributed by atoms with Crippen LogP contribution in [0.25, 0.3) is 0 Å². The molecule has 0 aromatic heterocycles. The van der Waals surface area contributed by atoms with Crippen molar-refractivity contribution in [1.29, 1.82) is 0 Å². The van der Waals surface area contributed by atoms with Gasteiger partial charge < -0.3 is 4.74 Å². The molecule has 13 heavy (non-hydrogen) atoms. The number of carbonyl (C=O) groups excluding carboxylic acids is 1. The Bertz CT molecular complexity index is 182. The van der Waals surface area contributed by atoms with Gasteiger partial charge in [0.05, 0.1) is 12.5 Å². The van der Waals surface area contributed by atoms with Gasteiger partial charge in [-0.3, -0.25) is 4.79 Å². The first-order chi connectivity index (χ1) is 6.22. The van der Waals surface area contributed by atoms with Crippen LogP contribution in [-0.4, -0.2) is 18.7 Å². The maximum absolute atomic E-state index is 13.0. The first-order valence-corrected chi connectivity index (χ1v) is 5.03. The molecule has 0 aromatic carbocycles. The predicted octanol–water partition coefficient (Wildman–Crippen LogP) is 2.32. The number of ether oxygens (including phenoxy) is 1. The van der Waals surface area contributed by atoms with Crippen LogP contribution in [0.1, 0.15) is 33.1 Å². The van der Waals surface area contributed by atoms with E-state index in [0.717, 1.165) is 19.3 Å². The lowest BCUT2D eigenvalue weighted by Crippen LogP contribution is -2.08. The third-order valence-electron chi connectivity index (χ3n) is 2.52. The normalized spacial score (nSPS) is 31.5. The van der Waals surface area contributed by atoms with Gasteiger partial charge >= 0.3 is 5.97 Å². The zero-order valence-electron chi connectivity index (χ0n) is 8.25. The van der Waals surface area contributed by atoms with Crippen molar-refractivity contribution in [3.63, 3.8) is 0 Å². The lowest BCUT2D eigenvalue weighted by Gasteiger charge is -1.98. The molecule has 2 nitrogen and oxygen atoms in total. The summed E-state index contributed by atoms with van der Waals surface area (Å²) in [6.07, 6.45) is 1.94. The second kappa shape index (κ2) is 4.58. The molecule has 0 amide bonds. The maximum atomic E-state index is 13.0. The standard InChI is InChI=1S/C10H17FO2/c1-3-5-6-7-8(9(7)11)10(12)13-4-2/h7-9H,3-6H2,1-2H3/t7-,8+,9+/m0/s1. The highest BCUT2D eigenvalue weighted by Gasteiger charge is 2.56. The fourth-order valence-corrected chi connectivity index (χ4v) is 1.65. The van der Waals surface area contributed by atoms with Crippen LogP contribution in [0, 0.1) is 11.8 Å². The molecule has 0 N–H and O–H groups in total. The van der Waals surface area contributed by atoms with Gasteiger partial charge in [-0.2, -0.15) is 0 Å². The Morgan fingerprint density at radius 2 is 2.15 bits per heavy atom. The predicted molar refractivity (Wildman–Crippen MR) is 48.0 cm³/mol. The number of esters is 1. The van der Waals surface area contributed by atoms with Gasteiger partial charge in [-0.1, -0.05) is 19.8 Å². The molecule has 1 rings (SSSR count). The summed E-state index contributed by atoms with van der Waals surface area (Å²) < 4.78 is 17.8. The monoisotopic (exact) mass is 188 g/mol. The summed E-state index contributed by atoms with van der Waals surface area (Å²) in [6, 6.07) is 0. The van der Waals surface area contributed by atoms with Crippen LogP contribution in [0.4, 0.5) is 4.39 Å². The summed E-state index contributed by atoms with van der Waals surface area (Å²) in [4.78, 5) is 11.1. The molecule has 1 aliphatic rings. The summed E-state index contributed by atoms with van der Waals surface area (Å²) in [5.74, 6) is -0.860. The molecule has 76 valence electrons. The van der Waals surface area contributed by atoms with Gasteiger partial charge in [-0.05, 0) is 13.3 Å². The summed E-state index contributed by atoms with van der Waals surface area (Å²) in [6.45, 7) is 4.16. The van der Waals surface area contributed by atoms with E-state index in [1.807, 2.05) is 0 Å². The molecule has 0 radical (unpaired) electrons. The largest absolute Gasteiger partial charge is 0.466 e. The van der Waals surface area contributed by atoms with Crippen molar-refractivity contribution >= 4 is 5.97 Å². The van der Waals surface area contributed by atoms with Crippen LogP contribution in [-0.2, 0) is 9.53 Å². The summed E-state index contributed by atoms with van der Waals surface area (Å²) in [7, 11) is 0. The average Bonchev–Trinajstić information content (AvgIpc) is 2.73. The van der Waals surface area contributed by atoms with E-state index in [2.05, 4.69) is 6.92 Å². The van der Waals surface area contributed by atoms with Gasteiger partial charge in [0.1, 0.15) is 6.17 Å². The Hall–Kier alpha value is -0.600. The maximum Gasteiger partial charge on any atom is 0.312 e. The van der Waals surface area contributed by atoms with E-state index in [-0.39, 0.29) is 11.9 Å². The number of halogens is 1. The minimum atomic E-state index is -0.939. The molecule has 1 aliphatic carbocycles. The average molecular weight is 188 g/mol. The van der Waals surface area contributed by atoms with E-state index < -0.39 is 12.1 Å². The zero-order valence-corrected chi connectivity index (χ0v) is 8.25. The Morgan fingerprint density at radius 3 is 2.69 bits per heavy atom. The third-order valence-corrected chi connectivity index (χ3v) is 2.52. The molecule has 0 saturated heterocycles. The van der Waals surface area contributed by atoms with Crippen molar-refractivity contribution < 1.29 is 13.9 Å². The number of unbranched alkanes of at least 4 members (excludes halogenated alkanes) is 1. The van der Waals surface area contributed by atoms with E-state index >= 15 is 0 Å². The Balaban J connectivity index is 2.26. The molecule has 3 atom stereocenters. The van der Waals surface area contributed by atoms with Crippen LogP contribution in [0.3, 0.4) is 0 Å². The number of hydrogen-bond donors (Lipinski definition) is 0. The van der Waals surface area contributed by atoms with Crippen LogP contribution in [0.5, 0.6) is 0 Å². The second-order valence-corrected chi connectivity index (χ2v) is 3.53. The highest BCUT2D eigenvalue weighted by atomic mass is 19.1. The van der Waals surface area contributed by atoms with E-state index in [1.165, 1.54) is 0 Å². The molecule has 1 fully saturated rings. The fourth-order valence-electron chi connectivity index (χ4n) is 1.65. The van der Waals surface area contributed by atoms with Crippen molar-refractivity contribution in [2.45, 2.75) is 39.3 Å². The molecule has 0 aliphatic heterocycles. The minimum absolute atomic E-state index is 0.0565. The number of carbonyl (C=O) groups is 1. The van der Waals surface area contributed by atoms with Crippen LogP contribution >= 0.6 is 0 Å². The lowest BCUT2D eigenvalue weighted by molar-refractivity contribution is -0.145. The summed E-state index contributed by atoms with van der Waals surface area (Å²) >= 11 is 0. The first kappa shape index (κ1) is 10.5. The lowest BCUT2D eigenvalue weighted by atomic mass is 10.1. The molecule has 0 aromatic rings. The van der Waals surface area contributed by atoms with E-state index in [0.29, 0.717) is 6.61 Å². The molecular formula is C10H17FO2. The van der Waals surface area contributed by atoms with Crippen molar-refractivity contribution in [2.24, 2.45) is 11.8 Å². The molecule has 0 spiro atoms. The number of rotatable bonds is 5. The third kappa shape index (κ3) is 2.42. The van der Waals surface area contributed by atoms with Gasteiger partial charge in [-0.25, -0.2) is 4.39 Å². The van der Waals surface area contributed by atoms with Gasteiger partial charge in [-0.15, -0.1) is 0 Å². The van der Waals surface area contributed by atoms with Gasteiger partial charge in [0, 0.05) is 5.92 Å². The Morgan fingerprint density at radius 1 is 1.46 bits per heavy atom. The fraction of sp³-hybridized carbons (Fsp3) is 0.900. The molecule has 1 saturated carbocycles. The number of alkyl halides is 1. The summed E-state index contributed by atoms with van der Waals surface area (Å²) in [5.41, 5.74) is 0. The topological polar surface area (TPSA) is 26.3 Å². The van der Waals surface area contributed by atoms with E-state index in [1.54, 1.807) is 6.92 Å². The van der Waals surface area contributed by atoms with Crippen LogP contribution in [0.2, 0.25) is 0 Å². The van der Waals surface area contributed by atoms with Gasteiger partial charge in [0.15, 0.2) is 0 Å². The van der Waals surface area contributed by atoms with Crippen molar-refractivity contribution in [3.05, 3.63) is 0 Å². The van der Waals surface area contributed by atoms with Crippen molar-refractivity contribution in [3.8, 4) is 0 Å². The highest BCUT2D eigenvalue weighted by Crippen LogP contribution is 2.46. The van der Waals surface area contributed by atoms with Gasteiger partial charge in [0.25, 0.3) is 0 Å². The second-order valence-electron chi connectivity index (χ2n) is 3.53. The van der Waals surface area contributed by atoms with Crippen LogP contribution in [0.15, 0.2) is 0 Å². The Kier molecular flexibility index (Phi) is 3.70. The van der Waals surface area contributed by atoms with Crippen molar-refractivity contribution in [2.75, 3.05) is 6.61 Å². The molecular weight excluding hydrogens is 171 g/mol. The number of hydrogen-bond acceptors (Lipinski definition) is 2. The highest BCUT2D eigenvalue weighted by molar-refractivity contribution is 5.77. The quantitative estimate of drug-likeness (QED) is 0.619. The SMILES string of the molecule is CCCC[C@@H]1[C@@H](F)[C@@H]1C(=O)OCC. The first-order valence-electron chi connectivity index (χ1n) is 5.03. The minimum Gasteiger partial charge on any atom is -0.466 e. The zero-order chi connectivity index (χ0) is 9.84. The molecule has 0 bridgehead atoms. The smallest absolute Gasteiger partial charge is 0.312 e. The Labute approximate surface area is 78.5 Å². The summed E-state index contributed by atoms with van der Waals surface area (Å²) in [5, 5.41) is 0.